The van der Waals surface area contributed by atoms with Crippen molar-refractivity contribution >= 4 is 11.7 Å². The number of methoxy groups -OCH3 is 1. The molecule has 0 aromatic heterocycles. The summed E-state index contributed by atoms with van der Waals surface area (Å²) >= 11 is 0. The molecule has 0 saturated carbocycles. The van der Waals surface area contributed by atoms with Crippen LogP contribution in [0.25, 0.3) is 0 Å². The molecule has 0 N–H and O–H groups in total. The largest absolute Gasteiger partial charge is 0.449 e. The molecule has 4 nitrogen and oxygen atoms in total. The van der Waals surface area contributed by atoms with Crippen LogP contribution in [0, 0.1) is 0 Å². The molecule has 0 amide bonds. The molecule has 1 heterocycles. The molecule has 2 atom stereocenters. The molecule has 0 fully saturated rings. The van der Waals surface area contributed by atoms with Gasteiger partial charge in [-0.2, -0.15) is 0 Å². The summed E-state index contributed by atoms with van der Waals surface area (Å²) in [5, 5.41) is 0. The van der Waals surface area contributed by atoms with E-state index in [0.717, 1.165) is 11.3 Å². The molecule has 1 aliphatic heterocycles. The van der Waals surface area contributed by atoms with Gasteiger partial charge in [0.25, 0.3) is 0 Å². The molecule has 0 spiro atoms. The number of rotatable bonds is 5. The van der Waals surface area contributed by atoms with E-state index < -0.39 is 11.1 Å². The van der Waals surface area contributed by atoms with E-state index in [0.29, 0.717) is 6.42 Å². The lowest BCUT2D eigenvalue weighted by atomic mass is 9.88. The first-order chi connectivity index (χ1) is 9.95. The molecule has 1 aromatic carbocycles. The molecule has 0 bridgehead atoms. The van der Waals surface area contributed by atoms with Crippen LogP contribution >= 0.6 is 0 Å². The van der Waals surface area contributed by atoms with Crippen LogP contribution in [0.5, 0.6) is 0 Å². The molecule has 2 rings (SSSR count). The maximum Gasteiger partial charge on any atom is 0.335 e. The van der Waals surface area contributed by atoms with Crippen LogP contribution in [-0.4, -0.2) is 36.5 Å². The normalized spacial score (nSPS) is 28.7. The lowest BCUT2D eigenvalue weighted by Crippen LogP contribution is -2.55. The number of benzene rings is 1. The Hall–Kier alpha value is -1.94. The van der Waals surface area contributed by atoms with Crippen molar-refractivity contribution in [1.29, 1.82) is 0 Å². The van der Waals surface area contributed by atoms with E-state index in [4.69, 9.17) is 14.5 Å². The minimum atomic E-state index is -0.930. The third kappa shape index (κ3) is 2.90. The zero-order chi connectivity index (χ0) is 15.5. The zero-order valence-electron chi connectivity index (χ0n) is 12.8. The van der Waals surface area contributed by atoms with Gasteiger partial charge in [-0.25, -0.2) is 4.79 Å². The van der Waals surface area contributed by atoms with Crippen LogP contribution in [0.15, 0.2) is 48.0 Å². The van der Waals surface area contributed by atoms with Crippen molar-refractivity contribution in [2.75, 3.05) is 13.7 Å². The van der Waals surface area contributed by atoms with Crippen molar-refractivity contribution in [2.24, 2.45) is 4.99 Å². The van der Waals surface area contributed by atoms with Crippen molar-refractivity contribution in [3.8, 4) is 0 Å². The summed E-state index contributed by atoms with van der Waals surface area (Å²) in [6.45, 7) is 7.56. The fourth-order valence-electron chi connectivity index (χ4n) is 2.52. The maximum atomic E-state index is 12.3. The molecule has 4 heteroatoms. The maximum absolute atomic E-state index is 12.3. The summed E-state index contributed by atoms with van der Waals surface area (Å²) in [5.74, 6) is -0.346. The van der Waals surface area contributed by atoms with Crippen molar-refractivity contribution in [2.45, 2.75) is 31.4 Å². The summed E-state index contributed by atoms with van der Waals surface area (Å²) in [6.07, 6.45) is 2.12. The smallest absolute Gasteiger partial charge is 0.335 e. The summed E-state index contributed by atoms with van der Waals surface area (Å²) in [7, 11) is 1.58. The van der Waals surface area contributed by atoms with Gasteiger partial charge in [-0.1, -0.05) is 36.4 Å². The number of nitrogens with zero attached hydrogens (tertiary/aromatic N) is 1. The van der Waals surface area contributed by atoms with E-state index >= 15 is 0 Å². The Balaban J connectivity index is 2.56. The molecule has 0 aliphatic carbocycles. The Labute approximate surface area is 125 Å². The van der Waals surface area contributed by atoms with Crippen molar-refractivity contribution < 1.29 is 14.3 Å². The highest BCUT2D eigenvalue weighted by atomic mass is 16.6. The number of esters is 1. The molecule has 1 aromatic rings. The van der Waals surface area contributed by atoms with Gasteiger partial charge < -0.3 is 9.47 Å². The second-order valence-electron chi connectivity index (χ2n) is 5.65. The third-order valence-corrected chi connectivity index (χ3v) is 3.63. The number of ether oxygens (including phenoxy) is 2. The first-order valence-electron chi connectivity index (χ1n) is 6.94. The van der Waals surface area contributed by atoms with Gasteiger partial charge >= 0.3 is 5.97 Å². The zero-order valence-corrected chi connectivity index (χ0v) is 12.8. The van der Waals surface area contributed by atoms with Gasteiger partial charge in [0, 0.05) is 13.5 Å². The highest BCUT2D eigenvalue weighted by Crippen LogP contribution is 2.32. The summed E-state index contributed by atoms with van der Waals surface area (Å²) in [6, 6.07) is 9.73. The molecule has 0 unspecified atom stereocenters. The molecule has 0 radical (unpaired) electrons. The van der Waals surface area contributed by atoms with Crippen LogP contribution < -0.4 is 0 Å². The number of carbonyl (C=O) groups excluding carboxylic acids is 1. The predicted octanol–water partition coefficient (Wildman–Crippen LogP) is 2.77. The minimum absolute atomic E-state index is 0.261. The van der Waals surface area contributed by atoms with Crippen molar-refractivity contribution in [3.63, 3.8) is 0 Å². The van der Waals surface area contributed by atoms with E-state index in [1.165, 1.54) is 0 Å². The van der Waals surface area contributed by atoms with Crippen LogP contribution in [0.4, 0.5) is 0 Å². The Morgan fingerprint density at radius 2 is 2.00 bits per heavy atom. The first-order valence-corrected chi connectivity index (χ1v) is 6.94. The average Bonchev–Trinajstić information content (AvgIpc) is 2.45. The predicted molar refractivity (Wildman–Crippen MR) is 82.6 cm³/mol. The molecule has 1 aliphatic rings. The van der Waals surface area contributed by atoms with Gasteiger partial charge in [0.2, 0.25) is 0 Å². The SMILES string of the molecule is C=CC[C@@]1(C)N=C(c2ccccc2)[C@](C)(COC)OC1=O. The average molecular weight is 287 g/mol. The molecular weight excluding hydrogens is 266 g/mol. The van der Waals surface area contributed by atoms with Gasteiger partial charge in [0.1, 0.15) is 0 Å². The van der Waals surface area contributed by atoms with Gasteiger partial charge in [0.05, 0.1) is 12.3 Å². The number of cyclic esters (lactones) is 1. The fraction of sp³-hybridized carbons (Fsp3) is 0.412. The monoisotopic (exact) mass is 287 g/mol. The first kappa shape index (κ1) is 15.4. The van der Waals surface area contributed by atoms with E-state index in [-0.39, 0.29) is 12.6 Å². The van der Waals surface area contributed by atoms with Crippen LogP contribution in [-0.2, 0) is 14.3 Å². The van der Waals surface area contributed by atoms with E-state index in [9.17, 15) is 4.79 Å². The fourth-order valence-corrected chi connectivity index (χ4v) is 2.52. The van der Waals surface area contributed by atoms with Crippen molar-refractivity contribution in [1.82, 2.24) is 0 Å². The molecule has 21 heavy (non-hydrogen) atoms. The summed E-state index contributed by atoms with van der Waals surface area (Å²) in [5.41, 5.74) is -0.151. The lowest BCUT2D eigenvalue weighted by molar-refractivity contribution is -0.163. The Kier molecular flexibility index (Phi) is 4.28. The second kappa shape index (κ2) is 5.82. The van der Waals surface area contributed by atoms with Crippen LogP contribution in [0.2, 0.25) is 0 Å². The van der Waals surface area contributed by atoms with E-state index in [1.54, 1.807) is 20.1 Å². The van der Waals surface area contributed by atoms with Gasteiger partial charge in [-0.3, -0.25) is 4.99 Å². The van der Waals surface area contributed by atoms with Crippen LogP contribution in [0.3, 0.4) is 0 Å². The van der Waals surface area contributed by atoms with E-state index in [2.05, 4.69) is 6.58 Å². The number of hydrogen-bond acceptors (Lipinski definition) is 4. The Morgan fingerprint density at radius 3 is 2.57 bits per heavy atom. The highest BCUT2D eigenvalue weighted by Gasteiger charge is 2.47. The quantitative estimate of drug-likeness (QED) is 0.618. The lowest BCUT2D eigenvalue weighted by Gasteiger charge is -2.39. The third-order valence-electron chi connectivity index (χ3n) is 3.63. The number of aliphatic imine (C=N–C) groups is 1. The van der Waals surface area contributed by atoms with Gasteiger partial charge in [-0.05, 0) is 19.4 Å². The summed E-state index contributed by atoms with van der Waals surface area (Å²) < 4.78 is 10.9. The number of hydrogen-bond donors (Lipinski definition) is 0. The minimum Gasteiger partial charge on any atom is -0.449 e. The topological polar surface area (TPSA) is 47.9 Å². The van der Waals surface area contributed by atoms with Crippen LogP contribution in [0.1, 0.15) is 25.8 Å². The summed E-state index contributed by atoms with van der Waals surface area (Å²) in [4.78, 5) is 17.1. The van der Waals surface area contributed by atoms with Crippen molar-refractivity contribution in [3.05, 3.63) is 48.6 Å². The Bertz CT molecular complexity index is 567. The molecule has 0 saturated heterocycles. The van der Waals surface area contributed by atoms with Gasteiger partial charge in [-0.15, -0.1) is 6.58 Å². The number of carbonyl (C=O) groups is 1. The highest BCUT2D eigenvalue weighted by molar-refractivity contribution is 6.10. The van der Waals surface area contributed by atoms with E-state index in [1.807, 2.05) is 37.3 Å². The molecule has 112 valence electrons. The molecular formula is C17H21NO3. The van der Waals surface area contributed by atoms with Gasteiger partial charge in [0.15, 0.2) is 11.1 Å². The second-order valence-corrected chi connectivity index (χ2v) is 5.65. The standard InChI is InChI=1S/C17H21NO3/c1-5-11-16(2)15(19)21-17(3,12-20-4)14(18-16)13-9-7-6-8-10-13/h5-10H,1,11-12H2,2-4H3/t16-,17+/m1/s1. The Morgan fingerprint density at radius 1 is 1.33 bits per heavy atom.